The lowest BCUT2D eigenvalue weighted by molar-refractivity contribution is -0.152. The van der Waals surface area contributed by atoms with Crippen LogP contribution in [0.4, 0.5) is 0 Å². The molecule has 2 aromatic rings. The predicted molar refractivity (Wildman–Crippen MR) is 126 cm³/mol. The van der Waals surface area contributed by atoms with Crippen molar-refractivity contribution in [3.05, 3.63) is 59.7 Å². The molecule has 4 rings (SSSR count). The highest BCUT2D eigenvalue weighted by molar-refractivity contribution is 5.94. The van der Waals surface area contributed by atoms with Gasteiger partial charge >= 0.3 is 0 Å². The van der Waals surface area contributed by atoms with Gasteiger partial charge in [-0.05, 0) is 41.7 Å². The maximum atomic E-state index is 13.2. The van der Waals surface area contributed by atoms with Crippen LogP contribution in [0.5, 0.6) is 0 Å². The van der Waals surface area contributed by atoms with E-state index in [1.165, 1.54) is 0 Å². The van der Waals surface area contributed by atoms with Crippen molar-refractivity contribution in [1.29, 1.82) is 5.26 Å². The average molecular weight is 446 g/mol. The van der Waals surface area contributed by atoms with Crippen LogP contribution in [0.3, 0.4) is 0 Å². The molecular formula is C27H31N3O3. The fourth-order valence-electron chi connectivity index (χ4n) is 5.34. The minimum absolute atomic E-state index is 0.0144. The summed E-state index contributed by atoms with van der Waals surface area (Å²) in [5.74, 6) is -0.343. The van der Waals surface area contributed by atoms with Gasteiger partial charge in [-0.3, -0.25) is 9.59 Å². The molecule has 2 aliphatic rings. The van der Waals surface area contributed by atoms with Crippen molar-refractivity contribution >= 4 is 11.8 Å². The van der Waals surface area contributed by atoms with Crippen LogP contribution in [0.1, 0.15) is 53.9 Å². The summed E-state index contributed by atoms with van der Waals surface area (Å²) in [5, 5.41) is 20.2. The Bertz CT molecular complexity index is 1050. The number of aliphatic hydroxyl groups is 1. The van der Waals surface area contributed by atoms with Crippen molar-refractivity contribution in [3.8, 4) is 17.2 Å². The van der Waals surface area contributed by atoms with Gasteiger partial charge in [0.05, 0.1) is 18.7 Å². The van der Waals surface area contributed by atoms with E-state index in [1.54, 1.807) is 36.0 Å². The molecule has 1 saturated heterocycles. The maximum Gasteiger partial charge on any atom is 0.253 e. The van der Waals surface area contributed by atoms with E-state index in [0.29, 0.717) is 5.56 Å². The Morgan fingerprint density at radius 1 is 1.06 bits per heavy atom. The molecule has 2 amide bonds. The average Bonchev–Trinajstić information content (AvgIpc) is 2.84. The van der Waals surface area contributed by atoms with E-state index in [2.05, 4.69) is 6.07 Å². The van der Waals surface area contributed by atoms with Gasteiger partial charge in [-0.1, -0.05) is 55.7 Å². The molecule has 33 heavy (non-hydrogen) atoms. The highest BCUT2D eigenvalue weighted by Crippen LogP contribution is 2.45. The summed E-state index contributed by atoms with van der Waals surface area (Å²) in [6, 6.07) is 16.6. The first-order valence-electron chi connectivity index (χ1n) is 11.7. The van der Waals surface area contributed by atoms with Crippen LogP contribution < -0.4 is 0 Å². The highest BCUT2D eigenvalue weighted by atomic mass is 16.3. The van der Waals surface area contributed by atoms with Crippen LogP contribution in [-0.4, -0.2) is 59.5 Å². The van der Waals surface area contributed by atoms with Crippen LogP contribution in [0.2, 0.25) is 0 Å². The summed E-state index contributed by atoms with van der Waals surface area (Å²) < 4.78 is 0. The molecule has 1 heterocycles. The van der Waals surface area contributed by atoms with E-state index in [-0.39, 0.29) is 30.3 Å². The molecule has 6 nitrogen and oxygen atoms in total. The molecule has 2 fully saturated rings. The third-order valence-electron chi connectivity index (χ3n) is 7.11. The highest BCUT2D eigenvalue weighted by Gasteiger charge is 2.53. The minimum atomic E-state index is -0.590. The molecular weight excluding hydrogens is 414 g/mol. The Morgan fingerprint density at radius 3 is 2.33 bits per heavy atom. The molecule has 0 radical (unpaired) electrons. The number of likely N-dealkylation sites (tertiary alicyclic amines) is 1. The van der Waals surface area contributed by atoms with Crippen LogP contribution in [-0.2, 0) is 4.79 Å². The van der Waals surface area contributed by atoms with Crippen LogP contribution in [0.15, 0.2) is 48.5 Å². The van der Waals surface area contributed by atoms with Gasteiger partial charge in [-0.25, -0.2) is 0 Å². The molecule has 1 aliphatic carbocycles. The van der Waals surface area contributed by atoms with E-state index in [9.17, 15) is 20.0 Å². The van der Waals surface area contributed by atoms with Crippen molar-refractivity contribution < 1.29 is 14.7 Å². The van der Waals surface area contributed by atoms with Gasteiger partial charge in [0.1, 0.15) is 6.04 Å². The molecule has 1 saturated carbocycles. The third kappa shape index (κ3) is 4.26. The minimum Gasteiger partial charge on any atom is -0.394 e. The fraction of sp³-hybridized carbons (Fsp3) is 0.444. The lowest BCUT2D eigenvalue weighted by atomic mass is 9.72. The second-order valence-electron chi connectivity index (χ2n) is 9.29. The zero-order valence-corrected chi connectivity index (χ0v) is 19.3. The molecule has 1 aliphatic heterocycles. The van der Waals surface area contributed by atoms with E-state index >= 15 is 0 Å². The standard InChI is InChI=1S/C27H31N3O3/c1-29(2)26(32)20-14-12-18(13-15-20)21-10-6-7-11-22(21)25-23(16-28)30(24(25)17-31)27(33)19-8-4-3-5-9-19/h6-7,10-15,19,23-25,31H,3-5,8-9,17H2,1-2H3/t23-,24-,25+/m0/s1. The first-order chi connectivity index (χ1) is 16.0. The summed E-state index contributed by atoms with van der Waals surface area (Å²) in [4.78, 5) is 28.7. The molecule has 0 aromatic heterocycles. The molecule has 172 valence electrons. The second kappa shape index (κ2) is 9.76. The smallest absolute Gasteiger partial charge is 0.253 e. The third-order valence-corrected chi connectivity index (χ3v) is 7.11. The lowest BCUT2D eigenvalue weighted by Gasteiger charge is -2.53. The largest absolute Gasteiger partial charge is 0.394 e. The van der Waals surface area contributed by atoms with Crippen LogP contribution in [0, 0.1) is 17.2 Å². The van der Waals surface area contributed by atoms with Gasteiger partial charge in [0.25, 0.3) is 5.91 Å². The fourth-order valence-corrected chi connectivity index (χ4v) is 5.34. The number of aliphatic hydroxyl groups excluding tert-OH is 1. The number of nitriles is 1. The summed E-state index contributed by atoms with van der Waals surface area (Å²) in [6.07, 6.45) is 4.98. The Kier molecular flexibility index (Phi) is 6.80. The second-order valence-corrected chi connectivity index (χ2v) is 9.29. The van der Waals surface area contributed by atoms with Crippen molar-refractivity contribution in [2.75, 3.05) is 20.7 Å². The Labute approximate surface area is 195 Å². The SMILES string of the molecule is CN(C)C(=O)c1ccc(-c2ccccc2[C@@H]2[C@H](C#N)N(C(=O)C3CCCCC3)[C@H]2CO)cc1. The zero-order valence-electron chi connectivity index (χ0n) is 19.3. The first kappa shape index (κ1) is 23.0. The Hall–Kier alpha value is -3.17. The van der Waals surface area contributed by atoms with E-state index in [1.807, 2.05) is 36.4 Å². The number of hydrogen-bond donors (Lipinski definition) is 1. The molecule has 2 aromatic carbocycles. The van der Waals surface area contributed by atoms with E-state index < -0.39 is 12.1 Å². The van der Waals surface area contributed by atoms with Crippen molar-refractivity contribution in [3.63, 3.8) is 0 Å². The normalized spacial score (nSPS) is 22.8. The molecule has 1 N–H and O–H groups in total. The quantitative estimate of drug-likeness (QED) is 0.758. The number of carbonyl (C=O) groups excluding carboxylic acids is 2. The van der Waals surface area contributed by atoms with Crippen molar-refractivity contribution in [2.24, 2.45) is 5.92 Å². The monoisotopic (exact) mass is 445 g/mol. The van der Waals surface area contributed by atoms with Gasteiger partial charge in [-0.15, -0.1) is 0 Å². The number of carbonyl (C=O) groups is 2. The number of rotatable bonds is 5. The molecule has 0 bridgehead atoms. The molecule has 3 atom stereocenters. The summed E-state index contributed by atoms with van der Waals surface area (Å²) in [5.41, 5.74) is 3.45. The van der Waals surface area contributed by atoms with Gasteiger partial charge < -0.3 is 14.9 Å². The van der Waals surface area contributed by atoms with Gasteiger partial charge in [0.2, 0.25) is 5.91 Å². The van der Waals surface area contributed by atoms with Gasteiger partial charge in [0.15, 0.2) is 0 Å². The van der Waals surface area contributed by atoms with Gasteiger partial charge in [-0.2, -0.15) is 5.26 Å². The number of nitrogens with zero attached hydrogens (tertiary/aromatic N) is 3. The van der Waals surface area contributed by atoms with Crippen LogP contribution in [0.25, 0.3) is 11.1 Å². The van der Waals surface area contributed by atoms with E-state index in [4.69, 9.17) is 0 Å². The van der Waals surface area contributed by atoms with Gasteiger partial charge in [0, 0.05) is 31.5 Å². The molecule has 0 spiro atoms. The molecule has 0 unspecified atom stereocenters. The Balaban J connectivity index is 1.64. The Morgan fingerprint density at radius 2 is 1.73 bits per heavy atom. The number of hydrogen-bond acceptors (Lipinski definition) is 4. The van der Waals surface area contributed by atoms with E-state index in [0.717, 1.165) is 48.8 Å². The predicted octanol–water partition coefficient (Wildman–Crippen LogP) is 3.81. The lowest BCUT2D eigenvalue weighted by Crippen LogP contribution is -2.66. The molecule has 6 heteroatoms. The van der Waals surface area contributed by atoms with Crippen molar-refractivity contribution in [1.82, 2.24) is 9.80 Å². The number of amides is 2. The van der Waals surface area contributed by atoms with Crippen LogP contribution >= 0.6 is 0 Å². The maximum absolute atomic E-state index is 13.2. The summed E-state index contributed by atoms with van der Waals surface area (Å²) >= 11 is 0. The van der Waals surface area contributed by atoms with Crippen molar-refractivity contribution in [2.45, 2.75) is 50.1 Å². The summed E-state index contributed by atoms with van der Waals surface area (Å²) in [7, 11) is 3.44. The summed E-state index contributed by atoms with van der Waals surface area (Å²) in [6.45, 7) is -0.175. The first-order valence-corrected chi connectivity index (χ1v) is 11.7. The topological polar surface area (TPSA) is 84.6 Å². The zero-order chi connectivity index (χ0) is 23.5. The number of benzene rings is 2.